The van der Waals surface area contributed by atoms with Crippen molar-refractivity contribution in [1.82, 2.24) is 4.90 Å². The number of rotatable bonds is 18. The number of likely N-dealkylation sites (tertiary alicyclic amines) is 1. The molecular weight excluding hydrogens is 1850 g/mol. The predicted octanol–water partition coefficient (Wildman–Crippen LogP) is 19.4. The molecule has 13 aliphatic rings. The fourth-order valence-electron chi connectivity index (χ4n) is 22.2. The second-order valence-electron chi connectivity index (χ2n) is 38.0. The molecule has 31 heteroatoms. The fraction of sp³-hybridized carbons (Fsp3) is 0.381. The molecule has 754 valence electrons. The average molecular weight is 1970 g/mol. The standard InChI is InChI=1S/C27H26O5.C23H24O8.C22H25NO5.C22H22O7.C19H20O5/c1-28-22-10-6-18(7-11-22)4-3-5-20-14-21-15-25-26(31-17-30-25)16-24(21)32-27(20)19-8-12-23(29-2)13-9-19;1-26-18-7-12(8-19(27-2)22(18)28-3)20-13-9-16-17(30-11-29-16)10-15(13)31-23(25)6-4-5-14(24)21(20)23;1-13-20(14-6-5-7-16(25-2)21(14)24)15-10-18-19(27-12-26-18)11-17(15)28-22(13)23-8-3-4-9-23;1-25-12-5-6-13(16(8-12)26-2)20-14-9-18-19(28-11-27-18)10-17(14)29-22(24)7-3-4-15(23)21(20)22;1-19(2)9-13(11-5-4-6-14(21-3)18(11)20)12-7-16-17(23-10-22-16)8-15(12)24-19/h3-4,6-13,15-16,20,27H,5,14,17H2,1-2H3;7-10,20-21,25H,4-6,11H2,1-3H3;5-7,10-11,13,20,22,24H,3-4,8-9,12H2,1-2H3;5-6,8-10,20-21,24H,3-4,7,11H2,1-2H3;4-8,13,20H,9-10H2,1-3H3/b4-3+;;;;. The number of carbonyl (C=O) groups excluding carboxylic acids is 2. The first-order chi connectivity index (χ1) is 69.9. The topological polar surface area (TPSA) is 340 Å². The quantitative estimate of drug-likeness (QED) is 0.0620. The number of phenols is 2. The van der Waals surface area contributed by atoms with E-state index in [4.69, 9.17) is 114 Å². The maximum atomic E-state index is 13.1. The number of hydrogen-bond donors (Lipinski definition) is 4. The fourth-order valence-corrected chi connectivity index (χ4v) is 22.2. The molecule has 12 atom stereocenters. The first kappa shape index (κ1) is 96.7. The summed E-state index contributed by atoms with van der Waals surface area (Å²) in [4.78, 5) is 28.5. The Kier molecular flexibility index (Phi) is 27.2. The number of aromatic hydroxyl groups is 2. The molecule has 31 nitrogen and oxygen atoms in total. The number of hydrogen-bond acceptors (Lipinski definition) is 31. The molecule has 11 aromatic rings. The average Bonchev–Trinajstić information content (AvgIpc) is 0.862. The number of ether oxygens (including phenoxy) is 24. The summed E-state index contributed by atoms with van der Waals surface area (Å²) in [6.45, 7) is 9.29. The number of Topliss-reactive ketones (excluding diaryl/α,β-unsaturated/α-hetero) is 2. The van der Waals surface area contributed by atoms with Crippen molar-refractivity contribution in [3.05, 3.63) is 243 Å². The van der Waals surface area contributed by atoms with Gasteiger partial charge < -0.3 is 134 Å². The molecule has 2 saturated carbocycles. The van der Waals surface area contributed by atoms with Crippen LogP contribution in [0.4, 0.5) is 0 Å². The van der Waals surface area contributed by atoms with Gasteiger partial charge in [-0.15, -0.1) is 0 Å². The Morgan fingerprint density at radius 2 is 0.833 bits per heavy atom. The predicted molar refractivity (Wildman–Crippen MR) is 525 cm³/mol. The number of nitrogens with zero attached hydrogens (tertiary/aromatic N) is 1. The molecule has 1 saturated heterocycles. The molecule has 0 amide bonds. The molecule has 0 radical (unpaired) electrons. The smallest absolute Gasteiger partial charge is 0.231 e. The van der Waals surface area contributed by atoms with Crippen molar-refractivity contribution < 1.29 is 144 Å². The van der Waals surface area contributed by atoms with E-state index in [1.807, 2.05) is 129 Å². The SMILES string of the molecule is COc1cc(C2c3cc4c(cc3OC3(O)CCCC(=O)C23)OCO4)cc(OC)c1OC.COc1ccc(/C=C/CC2Cc3cc4c(cc3OC2c2ccc(OC)cc2)OCO4)cc1.COc1ccc(C2c3cc4c(cc3OC3(O)CCCC(=O)C23)OCO4)c(OC)c1.COc1cccc(C2CC(C)(C)Oc3cc4c(cc32)OCO4)c1O.COc1cccc(C2c3cc4c(cc3OC(N3CCCC3)C2C)OCO4)c1O. The highest BCUT2D eigenvalue weighted by Gasteiger charge is 2.58. The van der Waals surface area contributed by atoms with Gasteiger partial charge in [0.25, 0.3) is 0 Å². The van der Waals surface area contributed by atoms with Crippen LogP contribution in [0.15, 0.2) is 182 Å². The highest BCUT2D eigenvalue weighted by molar-refractivity contribution is 5.87. The van der Waals surface area contributed by atoms with Crippen LogP contribution < -0.4 is 114 Å². The maximum Gasteiger partial charge on any atom is 0.231 e. The molecule has 0 spiro atoms. The molecule has 3 fully saturated rings. The lowest BCUT2D eigenvalue weighted by Gasteiger charge is -2.47. The number of carbonyl (C=O) groups is 2. The zero-order valence-corrected chi connectivity index (χ0v) is 82.2. The van der Waals surface area contributed by atoms with Crippen LogP contribution in [0.25, 0.3) is 6.08 Å². The molecule has 11 heterocycles. The van der Waals surface area contributed by atoms with E-state index in [1.165, 1.54) is 20.0 Å². The van der Waals surface area contributed by atoms with Crippen molar-refractivity contribution in [1.29, 1.82) is 0 Å². The number of allylic oxidation sites excluding steroid dienone is 1. The summed E-state index contributed by atoms with van der Waals surface area (Å²) >= 11 is 0. The first-order valence-corrected chi connectivity index (χ1v) is 48.4. The Balaban J connectivity index is 0.000000110. The number of aliphatic hydroxyl groups is 2. The second-order valence-corrected chi connectivity index (χ2v) is 38.0. The number of fused-ring (bicyclic) bond motifs is 12. The van der Waals surface area contributed by atoms with Crippen molar-refractivity contribution in [3.63, 3.8) is 0 Å². The van der Waals surface area contributed by atoms with Crippen LogP contribution in [-0.4, -0.2) is 171 Å². The van der Waals surface area contributed by atoms with Crippen LogP contribution in [0.5, 0.6) is 149 Å². The summed E-state index contributed by atoms with van der Waals surface area (Å²) in [6, 6.07) is 55.5. The van der Waals surface area contributed by atoms with Crippen LogP contribution in [-0.2, 0) is 16.0 Å². The van der Waals surface area contributed by atoms with Gasteiger partial charge in [0, 0.05) is 150 Å². The van der Waals surface area contributed by atoms with E-state index < -0.39 is 35.2 Å². The Bertz CT molecular complexity index is 6630. The van der Waals surface area contributed by atoms with Crippen molar-refractivity contribution in [3.8, 4) is 149 Å². The van der Waals surface area contributed by atoms with E-state index in [1.54, 1.807) is 87.2 Å². The normalized spacial score (nSPS) is 23.6. The van der Waals surface area contributed by atoms with E-state index >= 15 is 0 Å². The molecule has 24 rings (SSSR count). The minimum Gasteiger partial charge on any atom is -0.504 e. The molecule has 0 bridgehead atoms. The minimum absolute atomic E-state index is 0.0200. The largest absolute Gasteiger partial charge is 0.504 e. The van der Waals surface area contributed by atoms with E-state index in [-0.39, 0.29) is 98.6 Å². The lowest BCUT2D eigenvalue weighted by atomic mass is 9.67. The van der Waals surface area contributed by atoms with Crippen molar-refractivity contribution in [2.75, 3.05) is 111 Å². The van der Waals surface area contributed by atoms with Gasteiger partial charge in [-0.25, -0.2) is 0 Å². The van der Waals surface area contributed by atoms with Crippen molar-refractivity contribution in [2.24, 2.45) is 23.7 Å². The summed E-state index contributed by atoms with van der Waals surface area (Å²) in [5, 5.41) is 44.3. The molecule has 11 aliphatic heterocycles. The number of ketones is 2. The molecule has 0 aromatic heterocycles. The number of para-hydroxylation sites is 2. The molecule has 144 heavy (non-hydrogen) atoms. The van der Waals surface area contributed by atoms with Gasteiger partial charge >= 0.3 is 0 Å². The molecule has 12 unspecified atom stereocenters. The van der Waals surface area contributed by atoms with Crippen LogP contribution in [0.2, 0.25) is 0 Å². The van der Waals surface area contributed by atoms with Crippen molar-refractivity contribution in [2.45, 2.75) is 145 Å². The zero-order chi connectivity index (χ0) is 100.0. The first-order valence-electron chi connectivity index (χ1n) is 48.4. The summed E-state index contributed by atoms with van der Waals surface area (Å²) in [6.07, 6.45) is 11.8. The Morgan fingerprint density at radius 1 is 0.389 bits per heavy atom. The Morgan fingerprint density at radius 3 is 1.35 bits per heavy atom. The van der Waals surface area contributed by atoms with E-state index in [0.29, 0.717) is 131 Å². The second kappa shape index (κ2) is 40.5. The number of benzene rings is 11. The van der Waals surface area contributed by atoms with E-state index in [2.05, 4.69) is 54.3 Å². The van der Waals surface area contributed by atoms with Gasteiger partial charge in [0.05, 0.1) is 75.8 Å². The molecule has 11 aromatic carbocycles. The third-order valence-corrected chi connectivity index (χ3v) is 29.1. The molecular formula is C113H117NO30. The monoisotopic (exact) mass is 1970 g/mol. The lowest BCUT2D eigenvalue weighted by molar-refractivity contribution is -0.207. The van der Waals surface area contributed by atoms with Gasteiger partial charge in [-0.1, -0.05) is 73.7 Å². The van der Waals surface area contributed by atoms with Crippen LogP contribution in [0, 0.1) is 23.7 Å². The summed E-state index contributed by atoms with van der Waals surface area (Å²) in [5.41, 5.74) is 9.79. The summed E-state index contributed by atoms with van der Waals surface area (Å²) in [5.74, 6) is 10.3. The summed E-state index contributed by atoms with van der Waals surface area (Å²) < 4.78 is 135. The summed E-state index contributed by atoms with van der Waals surface area (Å²) in [7, 11) is 14.3. The molecule has 4 N–H and O–H groups in total. The van der Waals surface area contributed by atoms with Crippen LogP contribution in [0.1, 0.15) is 176 Å². The van der Waals surface area contributed by atoms with Gasteiger partial charge in [0.2, 0.25) is 51.3 Å². The Hall–Kier alpha value is -14.8. The van der Waals surface area contributed by atoms with E-state index in [9.17, 15) is 30.0 Å². The van der Waals surface area contributed by atoms with Gasteiger partial charge in [-0.2, -0.15) is 0 Å². The number of phenolic OH excluding ortho intramolecular Hbond substituents is 2. The van der Waals surface area contributed by atoms with Gasteiger partial charge in [0.15, 0.2) is 98.2 Å². The van der Waals surface area contributed by atoms with Gasteiger partial charge in [0.1, 0.15) is 75.0 Å². The van der Waals surface area contributed by atoms with Crippen LogP contribution in [0.3, 0.4) is 0 Å². The molecule has 2 aliphatic carbocycles. The minimum atomic E-state index is -1.61. The third kappa shape index (κ3) is 18.7. The third-order valence-electron chi connectivity index (χ3n) is 29.1. The Labute approximate surface area is 833 Å². The zero-order valence-electron chi connectivity index (χ0n) is 82.2. The highest BCUT2D eigenvalue weighted by atomic mass is 16.7. The van der Waals surface area contributed by atoms with Crippen LogP contribution >= 0.6 is 0 Å². The van der Waals surface area contributed by atoms with Gasteiger partial charge in [-0.3, -0.25) is 14.5 Å². The maximum absolute atomic E-state index is 13.1. The van der Waals surface area contributed by atoms with E-state index in [0.717, 1.165) is 140 Å². The highest BCUT2D eigenvalue weighted by Crippen LogP contribution is 2.61. The van der Waals surface area contributed by atoms with Crippen molar-refractivity contribution >= 4 is 17.6 Å². The van der Waals surface area contributed by atoms with Gasteiger partial charge in [-0.05, 0) is 166 Å². The number of methoxy groups -OCH3 is 9. The lowest BCUT2D eigenvalue weighted by Crippen LogP contribution is -2.55.